The van der Waals surface area contributed by atoms with Gasteiger partial charge in [-0.05, 0) is 5.56 Å². The fourth-order valence-electron chi connectivity index (χ4n) is 3.28. The lowest BCUT2D eigenvalue weighted by atomic mass is 9.84. The summed E-state index contributed by atoms with van der Waals surface area (Å²) >= 11 is 0. The van der Waals surface area contributed by atoms with Crippen molar-refractivity contribution in [3.63, 3.8) is 0 Å². The summed E-state index contributed by atoms with van der Waals surface area (Å²) < 4.78 is 0. The van der Waals surface area contributed by atoms with Gasteiger partial charge in [0.25, 0.3) is 0 Å². The summed E-state index contributed by atoms with van der Waals surface area (Å²) in [5.74, 6) is -2.34. The van der Waals surface area contributed by atoms with Crippen LogP contribution in [0.25, 0.3) is 0 Å². The zero-order valence-electron chi connectivity index (χ0n) is 14.2. The Labute approximate surface area is 150 Å². The molecule has 0 spiro atoms. The second kappa shape index (κ2) is 6.95. The number of rotatable bonds is 5. The van der Waals surface area contributed by atoms with Gasteiger partial charge in [0.15, 0.2) is 11.6 Å². The second-order valence-electron chi connectivity index (χ2n) is 6.16. The van der Waals surface area contributed by atoms with Crippen LogP contribution in [-0.4, -0.2) is 52.5 Å². The molecule has 1 unspecified atom stereocenters. The molecule has 1 atom stereocenters. The highest BCUT2D eigenvalue weighted by atomic mass is 16.4. The minimum Gasteiger partial charge on any atom is -0.507 e. The summed E-state index contributed by atoms with van der Waals surface area (Å²) in [6, 6.07) is 8.44. The molecule has 0 bridgehead atoms. The summed E-state index contributed by atoms with van der Waals surface area (Å²) in [6.45, 7) is -0.0939. The number of hydrogen-bond acceptors (Lipinski definition) is 6. The predicted octanol–water partition coefficient (Wildman–Crippen LogP) is 1.83. The molecule has 0 saturated carbocycles. The molecule has 7 nitrogen and oxygen atoms in total. The van der Waals surface area contributed by atoms with Gasteiger partial charge in [-0.15, -0.1) is 0 Å². The van der Waals surface area contributed by atoms with Crippen molar-refractivity contribution in [2.24, 2.45) is 4.99 Å². The minimum atomic E-state index is -1.10. The Morgan fingerprint density at radius 3 is 2.58 bits per heavy atom. The average molecular weight is 354 g/mol. The highest BCUT2D eigenvalue weighted by Gasteiger charge is 2.39. The number of carbonyl (C=O) groups is 3. The van der Waals surface area contributed by atoms with E-state index in [1.54, 1.807) is 11.9 Å². The second-order valence-corrected chi connectivity index (χ2v) is 6.16. The molecule has 7 heteroatoms. The minimum absolute atomic E-state index is 0.0438. The summed E-state index contributed by atoms with van der Waals surface area (Å²) in [6.07, 6.45) is 0.917. The standard InChI is InChI=1S/C19H18N2O5/c1-21-12-9-20-10-14(23)16(12)19(26)17(13(22)7-8-15(24)25)18(21)11-5-3-2-4-6-11/h2-6,9,18,26H,7-8,10H2,1H3,(H,24,25). The highest BCUT2D eigenvalue weighted by Crippen LogP contribution is 2.40. The van der Waals surface area contributed by atoms with E-state index in [1.165, 1.54) is 6.21 Å². The Balaban J connectivity index is 2.14. The zero-order valence-corrected chi connectivity index (χ0v) is 14.2. The van der Waals surface area contributed by atoms with Crippen molar-refractivity contribution in [2.75, 3.05) is 13.6 Å². The SMILES string of the molecule is CN1C2=C(C(=O)CN=C2)C(O)=C(C(=O)CCC(=O)O)C1c1ccccc1. The van der Waals surface area contributed by atoms with Crippen LogP contribution in [0, 0.1) is 0 Å². The predicted molar refractivity (Wildman–Crippen MR) is 93.9 cm³/mol. The Hall–Kier alpha value is -3.22. The number of hydrogen-bond donors (Lipinski definition) is 2. The number of ketones is 2. The molecule has 0 saturated heterocycles. The molecule has 0 fully saturated rings. The molecule has 134 valence electrons. The number of aliphatic hydroxyl groups excluding tert-OH is 1. The largest absolute Gasteiger partial charge is 0.507 e. The number of benzene rings is 1. The number of dihydropyridines is 1. The van der Waals surface area contributed by atoms with E-state index in [0.717, 1.165) is 5.56 Å². The molecule has 2 heterocycles. The summed E-state index contributed by atoms with van der Waals surface area (Å²) in [5, 5.41) is 19.6. The average Bonchev–Trinajstić information content (AvgIpc) is 2.63. The number of aliphatic carboxylic acids is 1. The maximum absolute atomic E-state index is 12.7. The van der Waals surface area contributed by atoms with E-state index in [4.69, 9.17) is 5.11 Å². The molecule has 1 aromatic rings. The van der Waals surface area contributed by atoms with Crippen molar-refractivity contribution < 1.29 is 24.6 Å². The van der Waals surface area contributed by atoms with Crippen LogP contribution in [0.2, 0.25) is 0 Å². The monoisotopic (exact) mass is 354 g/mol. The van der Waals surface area contributed by atoms with Crippen molar-refractivity contribution in [3.05, 3.63) is 58.5 Å². The normalized spacial score (nSPS) is 19.7. The van der Waals surface area contributed by atoms with E-state index in [1.807, 2.05) is 30.3 Å². The van der Waals surface area contributed by atoms with Gasteiger partial charge in [-0.2, -0.15) is 0 Å². The Bertz CT molecular complexity index is 867. The van der Waals surface area contributed by atoms with Crippen LogP contribution in [0.1, 0.15) is 24.4 Å². The first kappa shape index (κ1) is 17.6. The molecule has 3 rings (SSSR count). The molecular formula is C19H18N2O5. The molecule has 26 heavy (non-hydrogen) atoms. The van der Waals surface area contributed by atoms with Crippen LogP contribution in [-0.2, 0) is 14.4 Å². The van der Waals surface area contributed by atoms with Crippen LogP contribution in [0.15, 0.2) is 57.9 Å². The molecule has 2 N–H and O–H groups in total. The van der Waals surface area contributed by atoms with E-state index in [0.29, 0.717) is 5.70 Å². The number of likely N-dealkylation sites (N-methyl/N-ethyl adjacent to an activating group) is 1. The van der Waals surface area contributed by atoms with Crippen molar-refractivity contribution in [3.8, 4) is 0 Å². The topological polar surface area (TPSA) is 107 Å². The first-order chi connectivity index (χ1) is 12.4. The van der Waals surface area contributed by atoms with Gasteiger partial charge in [-0.25, -0.2) is 0 Å². The van der Waals surface area contributed by atoms with Crippen LogP contribution in [0.3, 0.4) is 0 Å². The van der Waals surface area contributed by atoms with E-state index < -0.39 is 17.8 Å². The molecule has 0 aromatic heterocycles. The van der Waals surface area contributed by atoms with Gasteiger partial charge in [0.2, 0.25) is 0 Å². The number of aliphatic imine (C=N–C) groups is 1. The van der Waals surface area contributed by atoms with Gasteiger partial charge < -0.3 is 15.1 Å². The van der Waals surface area contributed by atoms with Gasteiger partial charge in [0, 0.05) is 19.7 Å². The summed E-state index contributed by atoms with van der Waals surface area (Å²) in [7, 11) is 1.72. The molecule has 0 radical (unpaired) electrons. The number of carbonyl (C=O) groups excluding carboxylic acids is 2. The smallest absolute Gasteiger partial charge is 0.303 e. The Morgan fingerprint density at radius 2 is 1.92 bits per heavy atom. The third kappa shape index (κ3) is 3.03. The van der Waals surface area contributed by atoms with E-state index in [9.17, 15) is 19.5 Å². The van der Waals surface area contributed by atoms with Gasteiger partial charge in [0.1, 0.15) is 12.3 Å². The van der Waals surface area contributed by atoms with Crippen molar-refractivity contribution in [1.29, 1.82) is 0 Å². The Kier molecular flexibility index (Phi) is 4.71. The molecule has 2 aliphatic rings. The summed E-state index contributed by atoms with van der Waals surface area (Å²) in [4.78, 5) is 41.6. The van der Waals surface area contributed by atoms with Crippen molar-refractivity contribution >= 4 is 23.8 Å². The van der Waals surface area contributed by atoms with E-state index in [-0.39, 0.29) is 42.1 Å². The van der Waals surface area contributed by atoms with Gasteiger partial charge in [-0.1, -0.05) is 30.3 Å². The fraction of sp³-hybridized carbons (Fsp3) is 0.263. The lowest BCUT2D eigenvalue weighted by Gasteiger charge is -2.38. The van der Waals surface area contributed by atoms with Crippen LogP contribution in [0.5, 0.6) is 0 Å². The van der Waals surface area contributed by atoms with Gasteiger partial charge >= 0.3 is 5.97 Å². The first-order valence-corrected chi connectivity index (χ1v) is 8.15. The molecule has 1 aromatic carbocycles. The number of aliphatic hydroxyl groups is 1. The quantitative estimate of drug-likeness (QED) is 0.835. The molecular weight excluding hydrogens is 336 g/mol. The third-order valence-electron chi connectivity index (χ3n) is 4.50. The third-order valence-corrected chi connectivity index (χ3v) is 4.50. The Morgan fingerprint density at radius 1 is 1.23 bits per heavy atom. The number of allylic oxidation sites excluding steroid dienone is 2. The molecule has 0 amide bonds. The highest BCUT2D eigenvalue weighted by molar-refractivity contribution is 6.11. The van der Waals surface area contributed by atoms with Gasteiger partial charge in [0.05, 0.1) is 29.3 Å². The van der Waals surface area contributed by atoms with Crippen LogP contribution >= 0.6 is 0 Å². The first-order valence-electron chi connectivity index (χ1n) is 8.15. The van der Waals surface area contributed by atoms with Crippen molar-refractivity contribution in [1.82, 2.24) is 4.90 Å². The number of nitrogens with zero attached hydrogens (tertiary/aromatic N) is 2. The van der Waals surface area contributed by atoms with E-state index in [2.05, 4.69) is 4.99 Å². The molecule has 0 aliphatic carbocycles. The summed E-state index contributed by atoms with van der Waals surface area (Å²) in [5.41, 5.74) is 1.30. The van der Waals surface area contributed by atoms with Gasteiger partial charge in [-0.3, -0.25) is 19.4 Å². The van der Waals surface area contributed by atoms with Crippen molar-refractivity contribution in [2.45, 2.75) is 18.9 Å². The molecule has 2 aliphatic heterocycles. The zero-order chi connectivity index (χ0) is 18.8. The van der Waals surface area contributed by atoms with Crippen LogP contribution < -0.4 is 0 Å². The lowest BCUT2D eigenvalue weighted by Crippen LogP contribution is -2.38. The maximum atomic E-state index is 12.7. The van der Waals surface area contributed by atoms with Crippen LogP contribution in [0.4, 0.5) is 0 Å². The number of carboxylic acids is 1. The van der Waals surface area contributed by atoms with E-state index >= 15 is 0 Å². The maximum Gasteiger partial charge on any atom is 0.303 e. The fourth-order valence-corrected chi connectivity index (χ4v) is 3.28. The lowest BCUT2D eigenvalue weighted by molar-refractivity contribution is -0.138. The number of carboxylic acid groups (broad SMARTS) is 1. The number of Topliss-reactive ketones (excluding diaryl/α,β-unsaturated/α-hetero) is 2.